The molecular weight excluding hydrogens is 324 g/mol. The molecule has 2 rings (SSSR count). The number of benzene rings is 1. The molecule has 0 aliphatic heterocycles. The van der Waals surface area contributed by atoms with E-state index in [-0.39, 0.29) is 10.5 Å². The van der Waals surface area contributed by atoms with Crippen LogP contribution in [0.1, 0.15) is 20.8 Å². The lowest BCUT2D eigenvalue weighted by molar-refractivity contribution is -0.140. The van der Waals surface area contributed by atoms with Gasteiger partial charge in [-0.2, -0.15) is 4.72 Å². The van der Waals surface area contributed by atoms with Crippen molar-refractivity contribution in [1.29, 1.82) is 0 Å². The van der Waals surface area contributed by atoms with E-state index in [1.165, 1.54) is 22.8 Å². The zero-order valence-electron chi connectivity index (χ0n) is 12.9. The number of nitrogens with one attached hydrogen (secondary N) is 1. The summed E-state index contributed by atoms with van der Waals surface area (Å²) in [5.74, 6) is -2.26. The van der Waals surface area contributed by atoms with Crippen molar-refractivity contribution in [3.63, 3.8) is 0 Å². The number of hydrogen-bond acceptors (Lipinski definition) is 5. The van der Waals surface area contributed by atoms with Crippen molar-refractivity contribution in [3.05, 3.63) is 28.7 Å². The van der Waals surface area contributed by atoms with Gasteiger partial charge in [0.2, 0.25) is 10.0 Å². The van der Waals surface area contributed by atoms with E-state index in [1.807, 2.05) is 0 Å². The third-order valence-electron chi connectivity index (χ3n) is 3.48. The number of aliphatic carboxylic acids is 1. The summed E-state index contributed by atoms with van der Waals surface area (Å²) >= 11 is 0. The molecule has 0 aliphatic rings. The highest BCUT2D eigenvalue weighted by molar-refractivity contribution is 7.89. The van der Waals surface area contributed by atoms with Gasteiger partial charge in [0, 0.05) is 12.6 Å². The van der Waals surface area contributed by atoms with E-state index in [9.17, 15) is 18.0 Å². The van der Waals surface area contributed by atoms with Gasteiger partial charge in [-0.15, -0.1) is 0 Å². The van der Waals surface area contributed by atoms with E-state index in [0.717, 1.165) is 0 Å². The number of hydrogen-bond donors (Lipinski definition) is 2. The van der Waals surface area contributed by atoms with Gasteiger partial charge < -0.3 is 9.52 Å². The summed E-state index contributed by atoms with van der Waals surface area (Å²) < 4.78 is 33.3. The number of oxazole rings is 1. The maximum absolute atomic E-state index is 12.4. The standard InChI is InChI=1S/C14H18N2O6S/c1-4-16-10-6-5-9(7-11(10)22-14(16)19)23(20,21)15-12(8(2)3)13(17)18/h5-8,12,15H,4H2,1-3H3,(H,17,18)/t12-/m0/s1. The Morgan fingerprint density at radius 1 is 1.39 bits per heavy atom. The number of carboxylic acid groups (broad SMARTS) is 1. The number of nitrogens with zero attached hydrogens (tertiary/aromatic N) is 1. The molecular formula is C14H18N2O6S. The predicted octanol–water partition coefficient (Wildman–Crippen LogP) is 1.00. The Hall–Kier alpha value is -2.13. The Labute approximate surface area is 132 Å². The lowest BCUT2D eigenvalue weighted by Crippen LogP contribution is -2.44. The minimum absolute atomic E-state index is 0.135. The number of aromatic nitrogens is 1. The molecule has 0 saturated carbocycles. The van der Waals surface area contributed by atoms with E-state index < -0.39 is 33.7 Å². The second-order valence-corrected chi connectivity index (χ2v) is 7.14. The van der Waals surface area contributed by atoms with Crippen LogP contribution in [-0.4, -0.2) is 30.1 Å². The average Bonchev–Trinajstić information content (AvgIpc) is 2.78. The summed E-state index contributed by atoms with van der Waals surface area (Å²) in [5.41, 5.74) is 0.617. The van der Waals surface area contributed by atoms with Crippen molar-refractivity contribution in [3.8, 4) is 0 Å². The Morgan fingerprint density at radius 2 is 2.04 bits per heavy atom. The zero-order valence-corrected chi connectivity index (χ0v) is 13.8. The molecule has 1 heterocycles. The molecule has 0 amide bonds. The van der Waals surface area contributed by atoms with Crippen molar-refractivity contribution in [2.75, 3.05) is 0 Å². The van der Waals surface area contributed by atoms with Gasteiger partial charge in [-0.25, -0.2) is 13.2 Å². The fourth-order valence-electron chi connectivity index (χ4n) is 2.22. The van der Waals surface area contributed by atoms with E-state index in [2.05, 4.69) is 4.72 Å². The molecule has 9 heteroatoms. The van der Waals surface area contributed by atoms with E-state index in [0.29, 0.717) is 12.1 Å². The van der Waals surface area contributed by atoms with Crippen LogP contribution in [0.2, 0.25) is 0 Å². The molecule has 2 N–H and O–H groups in total. The Morgan fingerprint density at radius 3 is 2.57 bits per heavy atom. The van der Waals surface area contributed by atoms with Crippen LogP contribution in [-0.2, 0) is 21.4 Å². The highest BCUT2D eigenvalue weighted by Gasteiger charge is 2.28. The van der Waals surface area contributed by atoms with Crippen molar-refractivity contribution in [2.24, 2.45) is 5.92 Å². The van der Waals surface area contributed by atoms with Crippen molar-refractivity contribution >= 4 is 27.1 Å². The molecule has 0 fully saturated rings. The second-order valence-electron chi connectivity index (χ2n) is 5.42. The Bertz CT molecular complexity index is 894. The summed E-state index contributed by atoms with van der Waals surface area (Å²) in [5, 5.41) is 9.11. The normalized spacial score (nSPS) is 13.6. The maximum Gasteiger partial charge on any atom is 0.419 e. The zero-order chi connectivity index (χ0) is 17.4. The number of carboxylic acids is 1. The third-order valence-corrected chi connectivity index (χ3v) is 4.92. The predicted molar refractivity (Wildman–Crippen MR) is 82.7 cm³/mol. The molecule has 0 bridgehead atoms. The molecule has 0 radical (unpaired) electrons. The molecule has 23 heavy (non-hydrogen) atoms. The molecule has 0 unspecified atom stereocenters. The van der Waals surface area contributed by atoms with E-state index in [1.54, 1.807) is 20.8 Å². The van der Waals surface area contributed by atoms with Crippen molar-refractivity contribution in [2.45, 2.75) is 38.3 Å². The molecule has 0 aliphatic carbocycles. The highest BCUT2D eigenvalue weighted by Crippen LogP contribution is 2.19. The summed E-state index contributed by atoms with van der Waals surface area (Å²) in [6.45, 7) is 5.36. The number of carbonyl (C=O) groups is 1. The smallest absolute Gasteiger partial charge is 0.419 e. The molecule has 8 nitrogen and oxygen atoms in total. The minimum atomic E-state index is -4.05. The van der Waals surface area contributed by atoms with Gasteiger partial charge in [0.05, 0.1) is 10.4 Å². The fourth-order valence-corrected chi connectivity index (χ4v) is 3.57. The van der Waals surface area contributed by atoms with Crippen LogP contribution < -0.4 is 10.5 Å². The monoisotopic (exact) mass is 342 g/mol. The van der Waals surface area contributed by atoms with Gasteiger partial charge >= 0.3 is 11.7 Å². The topological polar surface area (TPSA) is 119 Å². The Kier molecular flexibility index (Phi) is 4.62. The van der Waals surface area contributed by atoms with E-state index in [4.69, 9.17) is 9.52 Å². The second kappa shape index (κ2) is 6.17. The molecule has 2 aromatic rings. The molecule has 1 atom stereocenters. The first-order chi connectivity index (χ1) is 10.7. The number of aryl methyl sites for hydroxylation is 1. The molecule has 126 valence electrons. The quantitative estimate of drug-likeness (QED) is 0.808. The average molecular weight is 342 g/mol. The van der Waals surface area contributed by atoms with Gasteiger partial charge in [-0.1, -0.05) is 13.8 Å². The third kappa shape index (κ3) is 3.30. The minimum Gasteiger partial charge on any atom is -0.480 e. The maximum atomic E-state index is 12.4. The van der Waals surface area contributed by atoms with Crippen LogP contribution in [0.15, 0.2) is 32.3 Å². The number of fused-ring (bicyclic) bond motifs is 1. The molecule has 0 saturated heterocycles. The summed E-state index contributed by atoms with van der Waals surface area (Å²) in [6.07, 6.45) is 0. The lowest BCUT2D eigenvalue weighted by Gasteiger charge is -2.17. The van der Waals surface area contributed by atoms with Gasteiger partial charge in [-0.3, -0.25) is 9.36 Å². The first-order valence-corrected chi connectivity index (χ1v) is 8.54. The van der Waals surface area contributed by atoms with Crippen LogP contribution in [0.4, 0.5) is 0 Å². The SMILES string of the molecule is CCn1c(=O)oc2cc(S(=O)(=O)N[C@H](C(=O)O)C(C)C)ccc21. The number of rotatable bonds is 6. The van der Waals surface area contributed by atoms with Crippen LogP contribution in [0, 0.1) is 5.92 Å². The summed E-state index contributed by atoms with van der Waals surface area (Å²) in [7, 11) is -4.05. The van der Waals surface area contributed by atoms with Crippen molar-refractivity contribution in [1.82, 2.24) is 9.29 Å². The lowest BCUT2D eigenvalue weighted by atomic mass is 10.1. The molecule has 1 aromatic carbocycles. The highest BCUT2D eigenvalue weighted by atomic mass is 32.2. The summed E-state index contributed by atoms with van der Waals surface area (Å²) in [6, 6.07) is 2.74. The van der Waals surface area contributed by atoms with E-state index >= 15 is 0 Å². The van der Waals surface area contributed by atoms with Gasteiger partial charge in [0.25, 0.3) is 0 Å². The van der Waals surface area contributed by atoms with Crippen LogP contribution >= 0.6 is 0 Å². The van der Waals surface area contributed by atoms with Gasteiger partial charge in [0.15, 0.2) is 5.58 Å². The largest absolute Gasteiger partial charge is 0.480 e. The van der Waals surface area contributed by atoms with Crippen LogP contribution in [0.25, 0.3) is 11.1 Å². The molecule has 1 aromatic heterocycles. The van der Waals surface area contributed by atoms with Gasteiger partial charge in [0.1, 0.15) is 6.04 Å². The first-order valence-electron chi connectivity index (χ1n) is 7.06. The van der Waals surface area contributed by atoms with Crippen LogP contribution in [0.5, 0.6) is 0 Å². The van der Waals surface area contributed by atoms with Crippen molar-refractivity contribution < 1.29 is 22.7 Å². The summed E-state index contributed by atoms with van der Waals surface area (Å²) in [4.78, 5) is 22.6. The van der Waals surface area contributed by atoms with Gasteiger partial charge in [-0.05, 0) is 25.0 Å². The fraction of sp³-hybridized carbons (Fsp3) is 0.429. The number of sulfonamides is 1. The molecule has 0 spiro atoms. The first kappa shape index (κ1) is 17.2. The van der Waals surface area contributed by atoms with Crippen LogP contribution in [0.3, 0.4) is 0 Å². The Balaban J connectivity index is 2.46.